The molecule has 1 aliphatic heterocycles. The maximum Gasteiger partial charge on any atom is 0.191 e. The molecule has 1 saturated heterocycles. The number of benzene rings is 1. The molecule has 1 aromatic carbocycles. The molecule has 1 heterocycles. The minimum atomic E-state index is -0.0816. The lowest BCUT2D eigenvalue weighted by Gasteiger charge is -2.28. The van der Waals surface area contributed by atoms with E-state index in [9.17, 15) is 5.11 Å². The molecule has 0 spiro atoms. The summed E-state index contributed by atoms with van der Waals surface area (Å²) in [7, 11) is 0. The van der Waals surface area contributed by atoms with Crippen molar-refractivity contribution in [1.82, 2.24) is 10.6 Å². The van der Waals surface area contributed by atoms with Gasteiger partial charge in [-0.25, -0.2) is 0 Å². The molecule has 1 atom stereocenters. The zero-order valence-electron chi connectivity index (χ0n) is 16.1. The normalized spacial score (nSPS) is 21.0. The fourth-order valence-electron chi connectivity index (χ4n) is 3.30. The van der Waals surface area contributed by atoms with Crippen molar-refractivity contribution in [2.75, 3.05) is 39.5 Å². The van der Waals surface area contributed by atoms with Gasteiger partial charge >= 0.3 is 0 Å². The molecule has 1 aliphatic rings. The van der Waals surface area contributed by atoms with Gasteiger partial charge in [0.1, 0.15) is 0 Å². The van der Waals surface area contributed by atoms with Crippen LogP contribution in [0.5, 0.6) is 0 Å². The molecule has 1 unspecified atom stereocenters. The molecule has 26 heavy (non-hydrogen) atoms. The molecule has 2 rings (SSSR count). The van der Waals surface area contributed by atoms with Crippen LogP contribution in [0.3, 0.4) is 0 Å². The van der Waals surface area contributed by atoms with Gasteiger partial charge in [-0.05, 0) is 31.4 Å². The van der Waals surface area contributed by atoms with E-state index in [4.69, 9.17) is 9.73 Å². The van der Waals surface area contributed by atoms with Crippen LogP contribution in [-0.4, -0.2) is 50.5 Å². The summed E-state index contributed by atoms with van der Waals surface area (Å²) in [6.07, 6.45) is 1.73. The van der Waals surface area contributed by atoms with Crippen molar-refractivity contribution in [3.05, 3.63) is 34.3 Å². The zero-order valence-corrected chi connectivity index (χ0v) is 17.7. The van der Waals surface area contributed by atoms with E-state index in [0.717, 1.165) is 43.0 Å². The summed E-state index contributed by atoms with van der Waals surface area (Å²) >= 11 is 3.65. The number of aliphatic imine (C=N–C) groups is 1. The fourth-order valence-corrected chi connectivity index (χ4v) is 4.12. The van der Waals surface area contributed by atoms with Crippen LogP contribution < -0.4 is 10.6 Å². The third kappa shape index (κ3) is 5.69. The van der Waals surface area contributed by atoms with Gasteiger partial charge in [0, 0.05) is 41.6 Å². The van der Waals surface area contributed by atoms with E-state index < -0.39 is 0 Å². The topological polar surface area (TPSA) is 65.9 Å². The molecular formula is C20H32BrN3O2. The number of halogens is 1. The predicted octanol–water partition coefficient (Wildman–Crippen LogP) is 3.07. The van der Waals surface area contributed by atoms with Gasteiger partial charge < -0.3 is 20.5 Å². The lowest BCUT2D eigenvalue weighted by Crippen LogP contribution is -2.45. The molecule has 0 bridgehead atoms. The molecule has 3 N–H and O–H groups in total. The van der Waals surface area contributed by atoms with Crippen molar-refractivity contribution < 1.29 is 9.84 Å². The number of hydrogen-bond donors (Lipinski definition) is 3. The Morgan fingerprint density at radius 3 is 2.73 bits per heavy atom. The lowest BCUT2D eigenvalue weighted by molar-refractivity contribution is 0.127. The standard InChI is InChI=1S/C20H32BrN3O2/c1-4-22-18(24-14-20(9-11-25)10-12-26-15-20)23-13-19(2,3)16-7-5-6-8-17(16)21/h5-8,25H,4,9-15H2,1-3H3,(H2,22,23,24). The molecule has 146 valence electrons. The predicted molar refractivity (Wildman–Crippen MR) is 111 cm³/mol. The third-order valence-electron chi connectivity index (χ3n) is 5.04. The van der Waals surface area contributed by atoms with Gasteiger partial charge in [0.2, 0.25) is 0 Å². The third-order valence-corrected chi connectivity index (χ3v) is 5.73. The van der Waals surface area contributed by atoms with Crippen LogP contribution in [0.15, 0.2) is 33.7 Å². The van der Waals surface area contributed by atoms with E-state index in [0.29, 0.717) is 13.2 Å². The zero-order chi connectivity index (χ0) is 19.0. The highest BCUT2D eigenvalue weighted by molar-refractivity contribution is 9.10. The van der Waals surface area contributed by atoms with Crippen LogP contribution >= 0.6 is 15.9 Å². The van der Waals surface area contributed by atoms with E-state index in [1.165, 1.54) is 5.56 Å². The SMILES string of the molecule is CCNC(=NCC(C)(C)c1ccccc1Br)NCC1(CCO)CCOC1. The van der Waals surface area contributed by atoms with Crippen LogP contribution in [-0.2, 0) is 10.2 Å². The first-order valence-electron chi connectivity index (χ1n) is 9.38. The highest BCUT2D eigenvalue weighted by atomic mass is 79.9. The van der Waals surface area contributed by atoms with E-state index in [1.54, 1.807) is 0 Å². The second-order valence-corrected chi connectivity index (χ2v) is 8.54. The van der Waals surface area contributed by atoms with Crippen molar-refractivity contribution in [3.63, 3.8) is 0 Å². The first-order chi connectivity index (χ1) is 12.4. The Morgan fingerprint density at radius 1 is 1.35 bits per heavy atom. The summed E-state index contributed by atoms with van der Waals surface area (Å²) in [5.74, 6) is 0.817. The average molecular weight is 426 g/mol. The Balaban J connectivity index is 2.05. The number of guanidine groups is 1. The first kappa shape index (κ1) is 21.2. The van der Waals surface area contributed by atoms with Crippen molar-refractivity contribution in [2.45, 2.75) is 39.0 Å². The summed E-state index contributed by atoms with van der Waals surface area (Å²) < 4.78 is 6.69. The Hall–Kier alpha value is -1.11. The maximum absolute atomic E-state index is 9.39. The molecule has 0 amide bonds. The second-order valence-electron chi connectivity index (χ2n) is 7.69. The summed E-state index contributed by atoms with van der Waals surface area (Å²) in [5, 5.41) is 16.2. The Labute approximate surface area is 165 Å². The number of hydrogen-bond acceptors (Lipinski definition) is 3. The summed E-state index contributed by atoms with van der Waals surface area (Å²) in [5.41, 5.74) is 1.17. The number of ether oxygens (including phenoxy) is 1. The molecular weight excluding hydrogens is 394 g/mol. The van der Waals surface area contributed by atoms with E-state index in [-0.39, 0.29) is 17.4 Å². The molecule has 0 saturated carbocycles. The Bertz CT molecular complexity index is 598. The summed E-state index contributed by atoms with van der Waals surface area (Å²) in [6, 6.07) is 8.31. The van der Waals surface area contributed by atoms with E-state index >= 15 is 0 Å². The summed E-state index contributed by atoms with van der Waals surface area (Å²) in [4.78, 5) is 4.83. The largest absolute Gasteiger partial charge is 0.396 e. The van der Waals surface area contributed by atoms with Gasteiger partial charge in [-0.15, -0.1) is 0 Å². The Kier molecular flexibility index (Phi) is 7.92. The highest BCUT2D eigenvalue weighted by Gasteiger charge is 2.34. The molecule has 6 heteroatoms. The second kappa shape index (κ2) is 9.72. The number of aliphatic hydroxyl groups is 1. The van der Waals surface area contributed by atoms with Crippen LogP contribution in [0, 0.1) is 5.41 Å². The van der Waals surface area contributed by atoms with Crippen molar-refractivity contribution >= 4 is 21.9 Å². The van der Waals surface area contributed by atoms with Gasteiger partial charge in [-0.2, -0.15) is 0 Å². The van der Waals surface area contributed by atoms with Gasteiger partial charge in [-0.3, -0.25) is 4.99 Å². The van der Waals surface area contributed by atoms with Crippen molar-refractivity contribution in [1.29, 1.82) is 0 Å². The van der Waals surface area contributed by atoms with Gasteiger partial charge in [0.25, 0.3) is 0 Å². The quantitative estimate of drug-likeness (QED) is 0.442. The Morgan fingerprint density at radius 2 is 2.12 bits per heavy atom. The lowest BCUT2D eigenvalue weighted by atomic mass is 9.84. The number of rotatable bonds is 8. The number of nitrogens with zero attached hydrogens (tertiary/aromatic N) is 1. The maximum atomic E-state index is 9.39. The van der Waals surface area contributed by atoms with Crippen LogP contribution in [0.25, 0.3) is 0 Å². The minimum Gasteiger partial charge on any atom is -0.396 e. The average Bonchev–Trinajstić information content (AvgIpc) is 3.07. The van der Waals surface area contributed by atoms with Crippen LogP contribution in [0.4, 0.5) is 0 Å². The van der Waals surface area contributed by atoms with Crippen molar-refractivity contribution in [3.8, 4) is 0 Å². The van der Waals surface area contributed by atoms with E-state index in [1.807, 2.05) is 6.07 Å². The monoisotopic (exact) mass is 425 g/mol. The van der Waals surface area contributed by atoms with Crippen LogP contribution in [0.2, 0.25) is 0 Å². The molecule has 1 fully saturated rings. The smallest absolute Gasteiger partial charge is 0.191 e. The van der Waals surface area contributed by atoms with Crippen molar-refractivity contribution in [2.24, 2.45) is 10.4 Å². The minimum absolute atomic E-state index is 0.00289. The van der Waals surface area contributed by atoms with Gasteiger partial charge in [0.15, 0.2) is 5.96 Å². The van der Waals surface area contributed by atoms with Crippen LogP contribution in [0.1, 0.15) is 39.2 Å². The molecule has 0 aliphatic carbocycles. The molecule has 1 aromatic rings. The highest BCUT2D eigenvalue weighted by Crippen LogP contribution is 2.32. The van der Waals surface area contributed by atoms with Gasteiger partial charge in [-0.1, -0.05) is 48.0 Å². The molecule has 5 nitrogen and oxygen atoms in total. The fraction of sp³-hybridized carbons (Fsp3) is 0.650. The number of nitrogens with one attached hydrogen (secondary N) is 2. The first-order valence-corrected chi connectivity index (χ1v) is 10.2. The molecule has 0 aromatic heterocycles. The van der Waals surface area contributed by atoms with Gasteiger partial charge in [0.05, 0.1) is 13.2 Å². The summed E-state index contributed by atoms with van der Waals surface area (Å²) in [6.45, 7) is 10.4. The van der Waals surface area contributed by atoms with E-state index in [2.05, 4.69) is 65.5 Å². The molecule has 0 radical (unpaired) electrons. The number of aliphatic hydroxyl groups excluding tert-OH is 1.